The summed E-state index contributed by atoms with van der Waals surface area (Å²) in [5.74, 6) is 0.731. The first kappa shape index (κ1) is 18.9. The van der Waals surface area contributed by atoms with E-state index >= 15 is 0 Å². The molecule has 0 spiro atoms. The average molecular weight is 407 g/mol. The Morgan fingerprint density at radius 3 is 2.28 bits per heavy atom. The van der Waals surface area contributed by atoms with Gasteiger partial charge in [0.2, 0.25) is 11.8 Å². The molecule has 1 aromatic heterocycles. The molecule has 0 aliphatic carbocycles. The summed E-state index contributed by atoms with van der Waals surface area (Å²) in [6.45, 7) is 0.168. The van der Waals surface area contributed by atoms with E-state index in [9.17, 15) is 9.59 Å². The molecule has 0 fully saturated rings. The number of amides is 2. The maximum atomic E-state index is 12.0. The van der Waals surface area contributed by atoms with Crippen LogP contribution in [-0.2, 0) is 9.59 Å². The molecule has 8 heteroatoms. The summed E-state index contributed by atoms with van der Waals surface area (Å²) in [6.07, 6.45) is 1.60. The molecule has 0 atom stereocenters. The molecule has 0 aliphatic rings. The molecule has 132 valence electrons. The lowest BCUT2D eigenvalue weighted by atomic mass is 10.3. The molecular weight excluding hydrogens is 388 g/mol. The quantitative estimate of drug-likeness (QED) is 0.737. The lowest BCUT2D eigenvalue weighted by Gasteiger charge is -2.16. The highest BCUT2D eigenvalue weighted by atomic mass is 79.9. The summed E-state index contributed by atoms with van der Waals surface area (Å²) in [6, 6.07) is 10.5. The standard InChI is InChI=1S/C17H19BrN4O3/c1-22(11-17(24)21-15-8-3-12(18)9-19-15)10-16(23)20-13-4-6-14(25-2)7-5-13/h3-9H,10-11H2,1-2H3,(H,20,23)(H,19,21,24). The molecule has 7 nitrogen and oxygen atoms in total. The van der Waals surface area contributed by atoms with Crippen LogP contribution >= 0.6 is 15.9 Å². The highest BCUT2D eigenvalue weighted by molar-refractivity contribution is 9.10. The number of benzene rings is 1. The highest BCUT2D eigenvalue weighted by Gasteiger charge is 2.11. The van der Waals surface area contributed by atoms with Crippen molar-refractivity contribution < 1.29 is 14.3 Å². The van der Waals surface area contributed by atoms with Crippen LogP contribution in [0.25, 0.3) is 0 Å². The van der Waals surface area contributed by atoms with E-state index < -0.39 is 0 Å². The van der Waals surface area contributed by atoms with Gasteiger partial charge in [-0.25, -0.2) is 4.98 Å². The van der Waals surface area contributed by atoms with E-state index in [1.54, 1.807) is 61.7 Å². The number of anilines is 2. The highest BCUT2D eigenvalue weighted by Crippen LogP contribution is 2.15. The minimum Gasteiger partial charge on any atom is -0.497 e. The number of halogens is 1. The number of pyridine rings is 1. The Bertz CT molecular complexity index is 720. The number of methoxy groups -OCH3 is 1. The van der Waals surface area contributed by atoms with Crippen molar-refractivity contribution in [3.63, 3.8) is 0 Å². The minimum atomic E-state index is -0.241. The summed E-state index contributed by atoms with van der Waals surface area (Å²) in [5.41, 5.74) is 0.669. The zero-order valence-corrected chi connectivity index (χ0v) is 15.5. The SMILES string of the molecule is COc1ccc(NC(=O)CN(C)CC(=O)Nc2ccc(Br)cn2)cc1. The van der Waals surface area contributed by atoms with Crippen LogP contribution in [0, 0.1) is 0 Å². The molecule has 0 radical (unpaired) electrons. The van der Waals surface area contributed by atoms with E-state index in [4.69, 9.17) is 4.74 Å². The predicted octanol–water partition coefficient (Wildman–Crippen LogP) is 2.36. The lowest BCUT2D eigenvalue weighted by Crippen LogP contribution is -2.36. The summed E-state index contributed by atoms with van der Waals surface area (Å²) >= 11 is 3.28. The van der Waals surface area contributed by atoms with E-state index in [0.29, 0.717) is 17.3 Å². The Labute approximate surface area is 154 Å². The van der Waals surface area contributed by atoms with Crippen molar-refractivity contribution in [2.75, 3.05) is 37.9 Å². The van der Waals surface area contributed by atoms with Gasteiger partial charge in [-0.1, -0.05) is 0 Å². The third-order valence-corrected chi connectivity index (χ3v) is 3.66. The van der Waals surface area contributed by atoms with Gasteiger partial charge < -0.3 is 15.4 Å². The number of hydrogen-bond acceptors (Lipinski definition) is 5. The number of nitrogens with one attached hydrogen (secondary N) is 2. The second-order valence-corrected chi connectivity index (χ2v) is 6.27. The number of carbonyl (C=O) groups excluding carboxylic acids is 2. The Kier molecular flexibility index (Phi) is 6.91. The summed E-state index contributed by atoms with van der Waals surface area (Å²) in [7, 11) is 3.28. The van der Waals surface area contributed by atoms with Crippen molar-refractivity contribution in [2.45, 2.75) is 0 Å². The molecule has 0 aliphatic heterocycles. The van der Waals surface area contributed by atoms with Gasteiger partial charge in [0.1, 0.15) is 11.6 Å². The Morgan fingerprint density at radius 2 is 1.72 bits per heavy atom. The van der Waals surface area contributed by atoms with Gasteiger partial charge in [-0.2, -0.15) is 0 Å². The van der Waals surface area contributed by atoms with Gasteiger partial charge in [0.25, 0.3) is 0 Å². The van der Waals surface area contributed by atoms with Crippen molar-refractivity contribution in [1.29, 1.82) is 0 Å². The molecule has 0 saturated carbocycles. The van der Waals surface area contributed by atoms with Crippen LogP contribution in [0.5, 0.6) is 5.75 Å². The van der Waals surface area contributed by atoms with Gasteiger partial charge in [0.05, 0.1) is 20.2 Å². The first-order valence-electron chi connectivity index (χ1n) is 7.50. The number of aromatic nitrogens is 1. The minimum absolute atomic E-state index is 0.0772. The van der Waals surface area contributed by atoms with E-state index in [1.807, 2.05) is 0 Å². The van der Waals surface area contributed by atoms with Crippen molar-refractivity contribution >= 4 is 39.2 Å². The Balaban J connectivity index is 1.77. The molecule has 1 heterocycles. The van der Waals surface area contributed by atoms with Crippen LogP contribution in [0.4, 0.5) is 11.5 Å². The number of ether oxygens (including phenoxy) is 1. The van der Waals surface area contributed by atoms with E-state index in [-0.39, 0.29) is 24.9 Å². The maximum absolute atomic E-state index is 12.0. The average Bonchev–Trinajstić information content (AvgIpc) is 2.57. The van der Waals surface area contributed by atoms with Crippen LogP contribution in [-0.4, -0.2) is 48.9 Å². The maximum Gasteiger partial charge on any atom is 0.239 e. The second-order valence-electron chi connectivity index (χ2n) is 5.36. The topological polar surface area (TPSA) is 83.6 Å². The Hall–Kier alpha value is -2.45. The van der Waals surface area contributed by atoms with Crippen molar-refractivity contribution in [1.82, 2.24) is 9.88 Å². The zero-order valence-electron chi connectivity index (χ0n) is 14.0. The van der Waals surface area contributed by atoms with Crippen LogP contribution in [0.3, 0.4) is 0 Å². The van der Waals surface area contributed by atoms with Crippen LogP contribution in [0.2, 0.25) is 0 Å². The van der Waals surface area contributed by atoms with E-state index in [2.05, 4.69) is 31.5 Å². The van der Waals surface area contributed by atoms with Crippen molar-refractivity contribution in [2.24, 2.45) is 0 Å². The molecule has 0 unspecified atom stereocenters. The first-order chi connectivity index (χ1) is 12.0. The van der Waals surface area contributed by atoms with Crippen molar-refractivity contribution in [3.05, 3.63) is 47.1 Å². The van der Waals surface area contributed by atoms with Gasteiger partial charge in [-0.3, -0.25) is 14.5 Å². The second kappa shape index (κ2) is 9.14. The number of carbonyl (C=O) groups is 2. The molecule has 2 amide bonds. The van der Waals surface area contributed by atoms with E-state index in [1.165, 1.54) is 0 Å². The lowest BCUT2D eigenvalue weighted by molar-refractivity contribution is -0.119. The number of nitrogens with zero attached hydrogens (tertiary/aromatic N) is 2. The smallest absolute Gasteiger partial charge is 0.239 e. The fourth-order valence-electron chi connectivity index (χ4n) is 2.05. The van der Waals surface area contributed by atoms with Gasteiger partial charge in [0, 0.05) is 16.4 Å². The third kappa shape index (κ3) is 6.52. The summed E-state index contributed by atoms with van der Waals surface area (Å²) in [4.78, 5) is 29.7. The Morgan fingerprint density at radius 1 is 1.08 bits per heavy atom. The largest absolute Gasteiger partial charge is 0.497 e. The molecule has 0 saturated heterocycles. The van der Waals surface area contributed by atoms with Gasteiger partial charge in [-0.05, 0) is 59.4 Å². The monoisotopic (exact) mass is 406 g/mol. The molecular formula is C17H19BrN4O3. The summed E-state index contributed by atoms with van der Waals surface area (Å²) in [5, 5.41) is 5.45. The molecule has 2 N–H and O–H groups in total. The molecule has 2 rings (SSSR count). The fraction of sp³-hybridized carbons (Fsp3) is 0.235. The van der Waals surface area contributed by atoms with E-state index in [0.717, 1.165) is 4.47 Å². The van der Waals surface area contributed by atoms with Gasteiger partial charge in [0.15, 0.2) is 0 Å². The summed E-state index contributed by atoms with van der Waals surface area (Å²) < 4.78 is 5.90. The number of rotatable bonds is 7. The molecule has 1 aromatic carbocycles. The van der Waals surface area contributed by atoms with Gasteiger partial charge in [-0.15, -0.1) is 0 Å². The first-order valence-corrected chi connectivity index (χ1v) is 8.29. The predicted molar refractivity (Wildman–Crippen MR) is 99.7 cm³/mol. The fourth-order valence-corrected chi connectivity index (χ4v) is 2.29. The normalized spacial score (nSPS) is 10.4. The number of likely N-dealkylation sites (N-methyl/N-ethyl adjacent to an activating group) is 1. The molecule has 25 heavy (non-hydrogen) atoms. The van der Waals surface area contributed by atoms with Crippen LogP contribution < -0.4 is 15.4 Å². The zero-order chi connectivity index (χ0) is 18.2. The van der Waals surface area contributed by atoms with Crippen molar-refractivity contribution in [3.8, 4) is 5.75 Å². The van der Waals surface area contributed by atoms with Crippen LogP contribution in [0.15, 0.2) is 47.1 Å². The molecule has 2 aromatic rings. The molecule has 0 bridgehead atoms. The third-order valence-electron chi connectivity index (χ3n) is 3.20. The number of hydrogen-bond donors (Lipinski definition) is 2. The van der Waals surface area contributed by atoms with Crippen LogP contribution in [0.1, 0.15) is 0 Å². The van der Waals surface area contributed by atoms with Gasteiger partial charge >= 0.3 is 0 Å².